The molecule has 0 radical (unpaired) electrons. The lowest BCUT2D eigenvalue weighted by Gasteiger charge is -2.08. The second-order valence-electron chi connectivity index (χ2n) is 4.83. The van der Waals surface area contributed by atoms with Gasteiger partial charge in [0.1, 0.15) is 0 Å². The first-order valence-corrected chi connectivity index (χ1v) is 7.52. The molecule has 1 fully saturated rings. The Labute approximate surface area is 121 Å². The Morgan fingerprint density at radius 2 is 2.50 bits per heavy atom. The van der Waals surface area contributed by atoms with Crippen LogP contribution < -0.4 is 5.32 Å². The maximum absolute atomic E-state index is 11.9. The number of rotatable bonds is 5. The van der Waals surface area contributed by atoms with Crippen molar-refractivity contribution in [3.8, 4) is 10.8 Å². The number of carbonyl (C=O) groups is 1. The van der Waals surface area contributed by atoms with E-state index in [4.69, 9.17) is 9.15 Å². The zero-order valence-electron chi connectivity index (χ0n) is 11.0. The molecule has 106 valence electrons. The molecule has 0 spiro atoms. The normalized spacial score (nSPS) is 18.3. The number of nitrogens with zero attached hydrogens (tertiary/aromatic N) is 1. The molecule has 0 aromatic carbocycles. The lowest BCUT2D eigenvalue weighted by atomic mass is 10.1. The number of carbonyl (C=O) groups excluding carboxylic acids is 1. The number of hydrogen-bond donors (Lipinski definition) is 1. The third-order valence-corrected chi connectivity index (χ3v) is 4.14. The van der Waals surface area contributed by atoms with Crippen molar-refractivity contribution in [2.45, 2.75) is 12.8 Å². The summed E-state index contributed by atoms with van der Waals surface area (Å²) >= 11 is 1.49. The molecule has 1 atom stereocenters. The van der Waals surface area contributed by atoms with Crippen molar-refractivity contribution in [3.63, 3.8) is 0 Å². The molecule has 1 N–H and O–H groups in total. The summed E-state index contributed by atoms with van der Waals surface area (Å²) in [7, 11) is 0. The molecule has 0 bridgehead atoms. The fraction of sp³-hybridized carbons (Fsp3) is 0.429. The van der Waals surface area contributed by atoms with Gasteiger partial charge in [-0.2, -0.15) is 0 Å². The van der Waals surface area contributed by atoms with Crippen molar-refractivity contribution in [1.29, 1.82) is 0 Å². The highest BCUT2D eigenvalue weighted by Gasteiger charge is 2.17. The molecular weight excluding hydrogens is 276 g/mol. The van der Waals surface area contributed by atoms with Crippen LogP contribution in [-0.4, -0.2) is 30.6 Å². The fourth-order valence-electron chi connectivity index (χ4n) is 2.13. The first kappa shape index (κ1) is 13.3. The predicted octanol–water partition coefficient (Wildman–Crippen LogP) is 2.10. The summed E-state index contributed by atoms with van der Waals surface area (Å²) in [6.45, 7) is 2.24. The molecule has 1 saturated heterocycles. The number of furan rings is 1. The molecule has 3 rings (SSSR count). The molecule has 1 aliphatic rings. The SMILES string of the molecule is O=C(Cc1csc(-c2ccco2)n1)NC[C@H]1CCOC1. The smallest absolute Gasteiger partial charge is 0.226 e. The Kier molecular flexibility index (Phi) is 4.13. The Morgan fingerprint density at radius 3 is 3.25 bits per heavy atom. The Morgan fingerprint density at radius 1 is 1.55 bits per heavy atom. The maximum Gasteiger partial charge on any atom is 0.226 e. The lowest BCUT2D eigenvalue weighted by molar-refractivity contribution is -0.120. The van der Waals surface area contributed by atoms with Gasteiger partial charge in [-0.3, -0.25) is 4.79 Å². The van der Waals surface area contributed by atoms with Crippen LogP contribution in [0.5, 0.6) is 0 Å². The highest BCUT2D eigenvalue weighted by atomic mass is 32.1. The second-order valence-corrected chi connectivity index (χ2v) is 5.69. The summed E-state index contributed by atoms with van der Waals surface area (Å²) in [5, 5.41) is 5.65. The van der Waals surface area contributed by atoms with Crippen molar-refractivity contribution >= 4 is 17.2 Å². The van der Waals surface area contributed by atoms with Crippen LogP contribution in [0.1, 0.15) is 12.1 Å². The molecule has 2 aromatic rings. The van der Waals surface area contributed by atoms with E-state index in [0.29, 0.717) is 18.9 Å². The van der Waals surface area contributed by atoms with E-state index in [0.717, 1.165) is 36.1 Å². The molecule has 1 aliphatic heterocycles. The molecule has 2 aromatic heterocycles. The summed E-state index contributed by atoms with van der Waals surface area (Å²) in [4.78, 5) is 16.3. The van der Waals surface area contributed by atoms with Crippen LogP contribution in [-0.2, 0) is 16.0 Å². The second kappa shape index (κ2) is 6.19. The standard InChI is InChI=1S/C14H16N2O3S/c17-13(15-7-10-3-5-18-8-10)6-11-9-20-14(16-11)12-2-1-4-19-12/h1-2,4,9-10H,3,5-8H2,(H,15,17)/t10-/m1/s1. The monoisotopic (exact) mass is 292 g/mol. The van der Waals surface area contributed by atoms with Gasteiger partial charge in [-0.25, -0.2) is 4.98 Å². The van der Waals surface area contributed by atoms with E-state index in [2.05, 4.69) is 10.3 Å². The molecule has 5 nitrogen and oxygen atoms in total. The largest absolute Gasteiger partial charge is 0.462 e. The molecule has 6 heteroatoms. The van der Waals surface area contributed by atoms with Crippen LogP contribution in [0.3, 0.4) is 0 Å². The van der Waals surface area contributed by atoms with Crippen molar-refractivity contribution in [2.75, 3.05) is 19.8 Å². The van der Waals surface area contributed by atoms with Gasteiger partial charge in [0.05, 0.1) is 25.0 Å². The third kappa shape index (κ3) is 3.26. The quantitative estimate of drug-likeness (QED) is 0.916. The maximum atomic E-state index is 11.9. The van der Waals surface area contributed by atoms with Crippen LogP contribution in [0.2, 0.25) is 0 Å². The van der Waals surface area contributed by atoms with Gasteiger partial charge in [-0.1, -0.05) is 0 Å². The predicted molar refractivity (Wildman–Crippen MR) is 75.5 cm³/mol. The van der Waals surface area contributed by atoms with Crippen molar-refractivity contribution in [1.82, 2.24) is 10.3 Å². The zero-order valence-corrected chi connectivity index (χ0v) is 11.8. The van der Waals surface area contributed by atoms with Crippen LogP contribution in [0.15, 0.2) is 28.2 Å². The number of ether oxygens (including phenoxy) is 1. The third-order valence-electron chi connectivity index (χ3n) is 3.24. The number of amides is 1. The van der Waals surface area contributed by atoms with E-state index in [1.807, 2.05) is 17.5 Å². The molecule has 0 saturated carbocycles. The van der Waals surface area contributed by atoms with Crippen LogP contribution in [0.25, 0.3) is 10.8 Å². The number of thiazole rings is 1. The van der Waals surface area contributed by atoms with Gasteiger partial charge in [0.15, 0.2) is 10.8 Å². The number of hydrogen-bond acceptors (Lipinski definition) is 5. The van der Waals surface area contributed by atoms with E-state index in [1.165, 1.54) is 11.3 Å². The molecule has 0 unspecified atom stereocenters. The van der Waals surface area contributed by atoms with E-state index in [-0.39, 0.29) is 5.91 Å². The summed E-state index contributed by atoms with van der Waals surface area (Å²) in [5.41, 5.74) is 0.779. The van der Waals surface area contributed by atoms with E-state index < -0.39 is 0 Å². The fourth-order valence-corrected chi connectivity index (χ4v) is 2.92. The molecular formula is C14H16N2O3S. The summed E-state index contributed by atoms with van der Waals surface area (Å²) in [6, 6.07) is 3.69. The van der Waals surface area contributed by atoms with Gasteiger partial charge in [0, 0.05) is 24.4 Å². The minimum Gasteiger partial charge on any atom is -0.462 e. The van der Waals surface area contributed by atoms with E-state index >= 15 is 0 Å². The molecule has 1 amide bonds. The highest BCUT2D eigenvalue weighted by Crippen LogP contribution is 2.24. The minimum atomic E-state index is 0.00759. The van der Waals surface area contributed by atoms with Crippen molar-refractivity contribution < 1.29 is 13.9 Å². The average molecular weight is 292 g/mol. The number of aromatic nitrogens is 1. The molecule has 20 heavy (non-hydrogen) atoms. The van der Waals surface area contributed by atoms with Gasteiger partial charge in [0.25, 0.3) is 0 Å². The van der Waals surface area contributed by atoms with Crippen LogP contribution in [0.4, 0.5) is 0 Å². The van der Waals surface area contributed by atoms with Gasteiger partial charge < -0.3 is 14.5 Å². The first-order valence-electron chi connectivity index (χ1n) is 6.64. The van der Waals surface area contributed by atoms with Gasteiger partial charge in [-0.05, 0) is 18.6 Å². The van der Waals surface area contributed by atoms with Gasteiger partial charge >= 0.3 is 0 Å². The van der Waals surface area contributed by atoms with Crippen LogP contribution >= 0.6 is 11.3 Å². The average Bonchev–Trinajstić information content (AvgIpc) is 3.18. The Balaban J connectivity index is 1.51. The Bertz CT molecular complexity index is 559. The topological polar surface area (TPSA) is 64.4 Å². The van der Waals surface area contributed by atoms with E-state index in [1.54, 1.807) is 6.26 Å². The highest BCUT2D eigenvalue weighted by molar-refractivity contribution is 7.13. The molecule has 3 heterocycles. The van der Waals surface area contributed by atoms with Crippen LogP contribution in [0, 0.1) is 5.92 Å². The summed E-state index contributed by atoms with van der Waals surface area (Å²) in [5.74, 6) is 1.20. The summed E-state index contributed by atoms with van der Waals surface area (Å²) in [6.07, 6.45) is 2.96. The minimum absolute atomic E-state index is 0.00759. The van der Waals surface area contributed by atoms with E-state index in [9.17, 15) is 4.79 Å². The number of nitrogens with one attached hydrogen (secondary N) is 1. The van der Waals surface area contributed by atoms with Crippen molar-refractivity contribution in [3.05, 3.63) is 29.5 Å². The lowest BCUT2D eigenvalue weighted by Crippen LogP contribution is -2.30. The zero-order chi connectivity index (χ0) is 13.8. The summed E-state index contributed by atoms with van der Waals surface area (Å²) < 4.78 is 10.6. The Hall–Kier alpha value is -1.66. The molecule has 0 aliphatic carbocycles. The van der Waals surface area contributed by atoms with Crippen molar-refractivity contribution in [2.24, 2.45) is 5.92 Å². The first-order chi connectivity index (χ1) is 9.81. The van der Waals surface area contributed by atoms with Gasteiger partial charge in [-0.15, -0.1) is 11.3 Å². The van der Waals surface area contributed by atoms with Gasteiger partial charge in [0.2, 0.25) is 5.91 Å².